The van der Waals surface area contributed by atoms with Crippen LogP contribution in [0, 0.1) is 0 Å². The summed E-state index contributed by atoms with van der Waals surface area (Å²) >= 11 is 6.24. The van der Waals surface area contributed by atoms with Gasteiger partial charge in [-0.2, -0.15) is 0 Å². The lowest BCUT2D eigenvalue weighted by atomic mass is 10.2. The van der Waals surface area contributed by atoms with Gasteiger partial charge in [0.15, 0.2) is 11.3 Å². The van der Waals surface area contributed by atoms with E-state index in [1.54, 1.807) is 10.9 Å². The van der Waals surface area contributed by atoms with E-state index in [1.807, 2.05) is 66.9 Å². The van der Waals surface area contributed by atoms with Crippen molar-refractivity contribution in [2.45, 2.75) is 26.3 Å². The molecule has 0 aliphatic heterocycles. The number of para-hydroxylation sites is 2. The van der Waals surface area contributed by atoms with Crippen molar-refractivity contribution < 1.29 is 0 Å². The Morgan fingerprint density at radius 3 is 2.52 bits per heavy atom. The van der Waals surface area contributed by atoms with Crippen molar-refractivity contribution in [2.24, 2.45) is 0 Å². The molecule has 1 atom stereocenters. The first-order valence-electron chi connectivity index (χ1n) is 9.52. The molecule has 5 rings (SSSR count). The molecule has 2 aromatic carbocycles. The molecule has 0 aliphatic carbocycles. The second kappa shape index (κ2) is 6.67. The highest BCUT2D eigenvalue weighted by molar-refractivity contribution is 6.30. The van der Waals surface area contributed by atoms with Gasteiger partial charge in [-0.05, 0) is 43.7 Å². The third kappa shape index (κ3) is 2.71. The van der Waals surface area contributed by atoms with Crippen LogP contribution in [-0.2, 0) is 0 Å². The second-order valence-corrected chi connectivity index (χ2v) is 7.55. The van der Waals surface area contributed by atoms with Crippen molar-refractivity contribution in [3.63, 3.8) is 0 Å². The van der Waals surface area contributed by atoms with Gasteiger partial charge in [-0.15, -0.1) is 0 Å². The minimum atomic E-state index is -0.111. The molecule has 7 heteroatoms. The van der Waals surface area contributed by atoms with E-state index >= 15 is 0 Å². The second-order valence-electron chi connectivity index (χ2n) is 7.11. The SMILES string of the molecule is CC[C@H](C)n1cnc2c(c1=O)c1nc3ccccc3nc1n2-c1cccc(Cl)c1. The van der Waals surface area contributed by atoms with E-state index in [-0.39, 0.29) is 11.6 Å². The Hall–Kier alpha value is -3.25. The molecule has 3 aromatic heterocycles. The summed E-state index contributed by atoms with van der Waals surface area (Å²) in [6.45, 7) is 4.05. The van der Waals surface area contributed by atoms with Crippen molar-refractivity contribution in [2.75, 3.05) is 0 Å². The van der Waals surface area contributed by atoms with Gasteiger partial charge >= 0.3 is 0 Å². The fraction of sp³-hybridized carbons (Fsp3) is 0.182. The molecule has 0 fully saturated rings. The van der Waals surface area contributed by atoms with Crippen LogP contribution >= 0.6 is 11.6 Å². The highest BCUT2D eigenvalue weighted by Gasteiger charge is 2.21. The summed E-state index contributed by atoms with van der Waals surface area (Å²) in [5.41, 5.74) is 3.84. The van der Waals surface area contributed by atoms with Gasteiger partial charge in [0.2, 0.25) is 0 Å². The molecule has 0 saturated carbocycles. The predicted molar refractivity (Wildman–Crippen MR) is 116 cm³/mol. The highest BCUT2D eigenvalue weighted by atomic mass is 35.5. The van der Waals surface area contributed by atoms with Gasteiger partial charge < -0.3 is 0 Å². The average molecular weight is 404 g/mol. The summed E-state index contributed by atoms with van der Waals surface area (Å²) in [5.74, 6) is 0. The van der Waals surface area contributed by atoms with E-state index in [0.29, 0.717) is 27.2 Å². The van der Waals surface area contributed by atoms with Gasteiger partial charge in [-0.25, -0.2) is 15.0 Å². The van der Waals surface area contributed by atoms with E-state index in [1.165, 1.54) is 0 Å². The molecule has 0 radical (unpaired) electrons. The topological polar surface area (TPSA) is 65.6 Å². The van der Waals surface area contributed by atoms with Crippen molar-refractivity contribution in [3.05, 3.63) is 70.2 Å². The minimum absolute atomic E-state index is 0.0392. The van der Waals surface area contributed by atoms with Crippen molar-refractivity contribution in [1.82, 2.24) is 24.1 Å². The summed E-state index contributed by atoms with van der Waals surface area (Å²) < 4.78 is 3.53. The van der Waals surface area contributed by atoms with Crippen molar-refractivity contribution in [1.29, 1.82) is 0 Å². The van der Waals surface area contributed by atoms with E-state index < -0.39 is 0 Å². The number of aromatic nitrogens is 5. The van der Waals surface area contributed by atoms with Gasteiger partial charge in [0, 0.05) is 11.1 Å². The van der Waals surface area contributed by atoms with Crippen LogP contribution < -0.4 is 5.56 Å². The molecule has 29 heavy (non-hydrogen) atoms. The number of fused-ring (bicyclic) bond motifs is 4. The molecule has 0 spiro atoms. The summed E-state index contributed by atoms with van der Waals surface area (Å²) in [7, 11) is 0. The molecule has 0 unspecified atom stereocenters. The Balaban J connectivity index is 2.00. The maximum Gasteiger partial charge on any atom is 0.265 e. The molecule has 3 heterocycles. The zero-order chi connectivity index (χ0) is 20.1. The lowest BCUT2D eigenvalue weighted by Crippen LogP contribution is -2.23. The number of halogens is 1. The molecular weight excluding hydrogens is 386 g/mol. The molecule has 0 N–H and O–H groups in total. The molecule has 144 valence electrons. The predicted octanol–water partition coefficient (Wildman–Crippen LogP) is 4.91. The average Bonchev–Trinajstić information content (AvgIpc) is 3.05. The third-order valence-electron chi connectivity index (χ3n) is 5.32. The Kier molecular flexibility index (Phi) is 4.10. The first-order valence-corrected chi connectivity index (χ1v) is 9.90. The summed E-state index contributed by atoms with van der Waals surface area (Å²) in [5, 5.41) is 1.07. The van der Waals surface area contributed by atoms with Crippen LogP contribution in [-0.4, -0.2) is 24.1 Å². The molecule has 0 bridgehead atoms. The fourth-order valence-electron chi connectivity index (χ4n) is 3.62. The van der Waals surface area contributed by atoms with Crippen LogP contribution in [0.2, 0.25) is 5.02 Å². The Morgan fingerprint density at radius 2 is 1.79 bits per heavy atom. The van der Waals surface area contributed by atoms with Crippen LogP contribution in [0.5, 0.6) is 0 Å². The van der Waals surface area contributed by atoms with Gasteiger partial charge in [-0.1, -0.05) is 36.7 Å². The molecule has 6 nitrogen and oxygen atoms in total. The third-order valence-corrected chi connectivity index (χ3v) is 5.56. The molecule has 0 aliphatic rings. The van der Waals surface area contributed by atoms with Crippen LogP contribution in [0.25, 0.3) is 38.9 Å². The van der Waals surface area contributed by atoms with Crippen LogP contribution in [0.15, 0.2) is 59.7 Å². The normalized spacial score (nSPS) is 12.8. The number of nitrogens with zero attached hydrogens (tertiary/aromatic N) is 5. The Bertz CT molecular complexity index is 1450. The van der Waals surface area contributed by atoms with E-state index in [4.69, 9.17) is 21.6 Å². The lowest BCUT2D eigenvalue weighted by Gasteiger charge is -2.12. The fourth-order valence-corrected chi connectivity index (χ4v) is 3.80. The number of rotatable bonds is 3. The van der Waals surface area contributed by atoms with Crippen LogP contribution in [0.4, 0.5) is 0 Å². The Labute approximate surface area is 171 Å². The van der Waals surface area contributed by atoms with Gasteiger partial charge in [0.05, 0.1) is 16.7 Å². The monoisotopic (exact) mass is 403 g/mol. The van der Waals surface area contributed by atoms with Crippen molar-refractivity contribution >= 4 is 44.8 Å². The largest absolute Gasteiger partial charge is 0.296 e. The number of hydrogen-bond acceptors (Lipinski definition) is 4. The van der Waals surface area contributed by atoms with E-state index in [2.05, 4.69) is 4.98 Å². The maximum absolute atomic E-state index is 13.4. The molecule has 0 saturated heterocycles. The first kappa shape index (κ1) is 17.8. The summed E-state index contributed by atoms with van der Waals surface area (Å²) in [6, 6.07) is 15.1. The lowest BCUT2D eigenvalue weighted by molar-refractivity contribution is 0.510. The standard InChI is InChI=1S/C22H18ClN5O/c1-3-13(2)27-12-24-20-18(22(27)29)19-21(26-17-10-5-4-9-16(17)25-19)28(20)15-8-6-7-14(23)11-15/h4-13H,3H2,1-2H3/t13-/m0/s1. The zero-order valence-electron chi connectivity index (χ0n) is 16.0. The van der Waals surface area contributed by atoms with Gasteiger partial charge in [0.25, 0.3) is 5.56 Å². The first-order chi connectivity index (χ1) is 14.1. The highest BCUT2D eigenvalue weighted by Crippen LogP contribution is 2.29. The quantitative estimate of drug-likeness (QED) is 0.429. The van der Waals surface area contributed by atoms with E-state index in [0.717, 1.165) is 23.1 Å². The van der Waals surface area contributed by atoms with Gasteiger partial charge in [-0.3, -0.25) is 13.9 Å². The van der Waals surface area contributed by atoms with Crippen LogP contribution in [0.3, 0.4) is 0 Å². The maximum atomic E-state index is 13.4. The molecule has 0 amide bonds. The zero-order valence-corrected chi connectivity index (χ0v) is 16.8. The van der Waals surface area contributed by atoms with Crippen LogP contribution in [0.1, 0.15) is 26.3 Å². The Morgan fingerprint density at radius 1 is 1.03 bits per heavy atom. The number of benzene rings is 2. The smallest absolute Gasteiger partial charge is 0.265 e. The van der Waals surface area contributed by atoms with E-state index in [9.17, 15) is 4.79 Å². The minimum Gasteiger partial charge on any atom is -0.296 e. The number of hydrogen-bond donors (Lipinski definition) is 0. The summed E-state index contributed by atoms with van der Waals surface area (Å²) in [6.07, 6.45) is 2.44. The summed E-state index contributed by atoms with van der Waals surface area (Å²) in [4.78, 5) is 27.7. The molecule has 5 aromatic rings. The van der Waals surface area contributed by atoms with Crippen molar-refractivity contribution in [3.8, 4) is 5.69 Å². The molecular formula is C22H18ClN5O. The van der Waals surface area contributed by atoms with Gasteiger partial charge in [0.1, 0.15) is 17.2 Å².